The van der Waals surface area contributed by atoms with Crippen LogP contribution in [0.5, 0.6) is 0 Å². The number of aliphatic hydroxyl groups is 2. The van der Waals surface area contributed by atoms with E-state index >= 15 is 0 Å². The highest BCUT2D eigenvalue weighted by molar-refractivity contribution is 4.85. The first-order valence-corrected chi connectivity index (χ1v) is 5.64. The van der Waals surface area contributed by atoms with Crippen LogP contribution < -0.4 is 0 Å². The summed E-state index contributed by atoms with van der Waals surface area (Å²) >= 11 is 0. The molecule has 0 aromatic rings. The van der Waals surface area contributed by atoms with E-state index in [2.05, 4.69) is 6.92 Å². The SMILES string of the molecule is C/C=C/CC(O)C(CCC)C(O)CC. The van der Waals surface area contributed by atoms with Crippen molar-refractivity contribution in [2.75, 3.05) is 0 Å². The Hall–Kier alpha value is -0.340. The molecule has 0 bridgehead atoms. The van der Waals surface area contributed by atoms with Gasteiger partial charge in [-0.25, -0.2) is 0 Å². The Bertz CT molecular complexity index is 154. The molecule has 0 rings (SSSR count). The third kappa shape index (κ3) is 4.77. The molecule has 3 unspecified atom stereocenters. The average molecular weight is 200 g/mol. The highest BCUT2D eigenvalue weighted by Crippen LogP contribution is 2.20. The van der Waals surface area contributed by atoms with E-state index in [4.69, 9.17) is 0 Å². The summed E-state index contributed by atoms with van der Waals surface area (Å²) in [5.41, 5.74) is 0. The zero-order valence-corrected chi connectivity index (χ0v) is 9.61. The van der Waals surface area contributed by atoms with Crippen LogP contribution in [0.2, 0.25) is 0 Å². The van der Waals surface area contributed by atoms with E-state index in [0.717, 1.165) is 19.3 Å². The molecule has 0 fully saturated rings. The lowest BCUT2D eigenvalue weighted by Gasteiger charge is -2.26. The van der Waals surface area contributed by atoms with Gasteiger partial charge in [0.25, 0.3) is 0 Å². The van der Waals surface area contributed by atoms with E-state index in [1.54, 1.807) is 0 Å². The zero-order chi connectivity index (χ0) is 11.0. The second-order valence-electron chi connectivity index (χ2n) is 3.80. The minimum absolute atomic E-state index is 0.0289. The lowest BCUT2D eigenvalue weighted by molar-refractivity contribution is 0.00753. The minimum atomic E-state index is -0.402. The van der Waals surface area contributed by atoms with Crippen LogP contribution in [-0.4, -0.2) is 22.4 Å². The van der Waals surface area contributed by atoms with Crippen molar-refractivity contribution in [1.82, 2.24) is 0 Å². The molecule has 0 spiro atoms. The molecule has 0 aromatic carbocycles. The topological polar surface area (TPSA) is 40.5 Å². The number of hydrogen-bond acceptors (Lipinski definition) is 2. The van der Waals surface area contributed by atoms with Gasteiger partial charge in [-0.1, -0.05) is 32.4 Å². The molecule has 14 heavy (non-hydrogen) atoms. The first-order valence-electron chi connectivity index (χ1n) is 5.64. The highest BCUT2D eigenvalue weighted by Gasteiger charge is 2.23. The van der Waals surface area contributed by atoms with Crippen molar-refractivity contribution in [3.63, 3.8) is 0 Å². The van der Waals surface area contributed by atoms with Gasteiger partial charge >= 0.3 is 0 Å². The molecule has 0 saturated carbocycles. The van der Waals surface area contributed by atoms with Crippen LogP contribution in [0.15, 0.2) is 12.2 Å². The minimum Gasteiger partial charge on any atom is -0.393 e. The first-order chi connectivity index (χ1) is 6.67. The van der Waals surface area contributed by atoms with Crippen molar-refractivity contribution in [3.05, 3.63) is 12.2 Å². The molecule has 2 N–H and O–H groups in total. The van der Waals surface area contributed by atoms with Gasteiger partial charge < -0.3 is 10.2 Å². The van der Waals surface area contributed by atoms with Gasteiger partial charge in [-0.2, -0.15) is 0 Å². The summed E-state index contributed by atoms with van der Waals surface area (Å²) in [6.07, 6.45) is 6.40. The lowest BCUT2D eigenvalue weighted by atomic mass is 9.88. The quantitative estimate of drug-likeness (QED) is 0.620. The molecule has 3 atom stereocenters. The summed E-state index contributed by atoms with van der Waals surface area (Å²) in [7, 11) is 0. The van der Waals surface area contributed by atoms with Crippen LogP contribution in [0.1, 0.15) is 46.5 Å². The average Bonchev–Trinajstić information content (AvgIpc) is 2.21. The fourth-order valence-corrected chi connectivity index (χ4v) is 1.73. The van der Waals surface area contributed by atoms with E-state index < -0.39 is 6.10 Å². The van der Waals surface area contributed by atoms with Crippen LogP contribution in [0, 0.1) is 5.92 Å². The molecule has 0 aliphatic rings. The summed E-state index contributed by atoms with van der Waals surface area (Å²) in [5.74, 6) is 0.0289. The summed E-state index contributed by atoms with van der Waals surface area (Å²) in [4.78, 5) is 0. The van der Waals surface area contributed by atoms with Gasteiger partial charge in [-0.3, -0.25) is 0 Å². The number of aliphatic hydroxyl groups excluding tert-OH is 2. The van der Waals surface area contributed by atoms with E-state index in [1.165, 1.54) is 0 Å². The van der Waals surface area contributed by atoms with Gasteiger partial charge in [0.05, 0.1) is 12.2 Å². The molecule has 84 valence electrons. The van der Waals surface area contributed by atoms with Crippen molar-refractivity contribution in [2.24, 2.45) is 5.92 Å². The monoisotopic (exact) mass is 200 g/mol. The van der Waals surface area contributed by atoms with Gasteiger partial charge in [-0.05, 0) is 26.2 Å². The van der Waals surface area contributed by atoms with Crippen molar-refractivity contribution < 1.29 is 10.2 Å². The summed E-state index contributed by atoms with van der Waals surface area (Å²) in [6.45, 7) is 5.98. The maximum Gasteiger partial charge on any atom is 0.0627 e. The van der Waals surface area contributed by atoms with Crippen LogP contribution in [-0.2, 0) is 0 Å². The fraction of sp³-hybridized carbons (Fsp3) is 0.833. The third-order valence-corrected chi connectivity index (χ3v) is 2.64. The second kappa shape index (κ2) is 8.01. The molecule has 0 saturated heterocycles. The molecule has 2 heteroatoms. The largest absolute Gasteiger partial charge is 0.393 e. The van der Waals surface area contributed by atoms with Crippen molar-refractivity contribution in [1.29, 1.82) is 0 Å². The number of hydrogen-bond donors (Lipinski definition) is 2. The first kappa shape index (κ1) is 13.7. The Labute approximate surface area is 87.7 Å². The molecule has 0 heterocycles. The second-order valence-corrected chi connectivity index (χ2v) is 3.80. The summed E-state index contributed by atoms with van der Waals surface area (Å²) in [6, 6.07) is 0. The highest BCUT2D eigenvalue weighted by atomic mass is 16.3. The van der Waals surface area contributed by atoms with Crippen LogP contribution in [0.25, 0.3) is 0 Å². The van der Waals surface area contributed by atoms with Gasteiger partial charge in [0, 0.05) is 5.92 Å². The van der Waals surface area contributed by atoms with Crippen LogP contribution in [0.4, 0.5) is 0 Å². The summed E-state index contributed by atoms with van der Waals surface area (Å²) < 4.78 is 0. The predicted molar refractivity (Wildman–Crippen MR) is 60.1 cm³/mol. The van der Waals surface area contributed by atoms with E-state index in [1.807, 2.05) is 26.0 Å². The molecule has 0 aliphatic heterocycles. The Morgan fingerprint density at radius 3 is 2.21 bits per heavy atom. The Balaban J connectivity index is 4.16. The molecular formula is C12H24O2. The predicted octanol–water partition coefficient (Wildman–Crippen LogP) is 2.50. The van der Waals surface area contributed by atoms with Gasteiger partial charge in [-0.15, -0.1) is 0 Å². The lowest BCUT2D eigenvalue weighted by Crippen LogP contribution is -2.31. The molecule has 0 radical (unpaired) electrons. The fourth-order valence-electron chi connectivity index (χ4n) is 1.73. The maximum atomic E-state index is 9.86. The van der Waals surface area contributed by atoms with Gasteiger partial charge in [0.15, 0.2) is 0 Å². The van der Waals surface area contributed by atoms with Crippen LogP contribution in [0.3, 0.4) is 0 Å². The molecule has 0 aromatic heterocycles. The van der Waals surface area contributed by atoms with Gasteiger partial charge in [0.1, 0.15) is 0 Å². The van der Waals surface area contributed by atoms with Gasteiger partial charge in [0.2, 0.25) is 0 Å². The zero-order valence-electron chi connectivity index (χ0n) is 9.61. The number of allylic oxidation sites excluding steroid dienone is 1. The van der Waals surface area contributed by atoms with E-state index in [-0.39, 0.29) is 12.0 Å². The van der Waals surface area contributed by atoms with Crippen molar-refractivity contribution >= 4 is 0 Å². The molecular weight excluding hydrogens is 176 g/mol. The Kier molecular flexibility index (Phi) is 7.81. The van der Waals surface area contributed by atoms with Crippen molar-refractivity contribution in [3.8, 4) is 0 Å². The van der Waals surface area contributed by atoms with E-state index in [9.17, 15) is 10.2 Å². The standard InChI is InChI=1S/C12H24O2/c1-4-7-9-12(14)10(8-5-2)11(13)6-3/h4,7,10-14H,5-6,8-9H2,1-3H3/b7-4+. The summed E-state index contributed by atoms with van der Waals surface area (Å²) in [5, 5.41) is 19.6. The van der Waals surface area contributed by atoms with Crippen LogP contribution >= 0.6 is 0 Å². The third-order valence-electron chi connectivity index (χ3n) is 2.64. The Morgan fingerprint density at radius 2 is 1.79 bits per heavy atom. The molecule has 0 amide bonds. The van der Waals surface area contributed by atoms with E-state index in [0.29, 0.717) is 6.42 Å². The maximum absolute atomic E-state index is 9.86. The normalized spacial score (nSPS) is 18.4. The Morgan fingerprint density at radius 1 is 1.14 bits per heavy atom. The molecule has 2 nitrogen and oxygen atoms in total. The molecule has 0 aliphatic carbocycles. The number of rotatable bonds is 7. The van der Waals surface area contributed by atoms with Crippen molar-refractivity contribution in [2.45, 2.75) is 58.7 Å². The smallest absolute Gasteiger partial charge is 0.0627 e.